The van der Waals surface area contributed by atoms with Gasteiger partial charge in [-0.3, -0.25) is 9.59 Å². The molecule has 5 heteroatoms. The third kappa shape index (κ3) is 3.48. The second-order valence-electron chi connectivity index (χ2n) is 12.5. The van der Waals surface area contributed by atoms with E-state index in [4.69, 9.17) is 4.42 Å². The van der Waals surface area contributed by atoms with Gasteiger partial charge in [-0.25, -0.2) is 0 Å². The van der Waals surface area contributed by atoms with E-state index in [0.29, 0.717) is 42.4 Å². The van der Waals surface area contributed by atoms with Crippen LogP contribution in [0.25, 0.3) is 0 Å². The molecule has 0 amide bonds. The first-order valence-corrected chi connectivity index (χ1v) is 13.3. The molecule has 34 heavy (non-hydrogen) atoms. The van der Waals surface area contributed by atoms with Crippen molar-refractivity contribution < 1.29 is 24.2 Å². The SMILES string of the molecule is CC(C)c1ccoc1CC(C(=O)O)C1CCC2C3CCC4CC(=O)C(O)=CC4(C)C3CCC12C. The minimum atomic E-state index is -0.700. The van der Waals surface area contributed by atoms with Crippen molar-refractivity contribution in [2.45, 2.75) is 85.0 Å². The van der Waals surface area contributed by atoms with Crippen LogP contribution in [-0.2, 0) is 16.0 Å². The molecule has 3 fully saturated rings. The highest BCUT2D eigenvalue weighted by atomic mass is 16.4. The van der Waals surface area contributed by atoms with Gasteiger partial charge < -0.3 is 14.6 Å². The van der Waals surface area contributed by atoms with Crippen LogP contribution < -0.4 is 0 Å². The van der Waals surface area contributed by atoms with E-state index in [1.54, 1.807) is 6.26 Å². The van der Waals surface area contributed by atoms with Gasteiger partial charge in [0.2, 0.25) is 0 Å². The van der Waals surface area contributed by atoms with Gasteiger partial charge in [0, 0.05) is 12.8 Å². The van der Waals surface area contributed by atoms with Crippen molar-refractivity contribution in [3.05, 3.63) is 35.5 Å². The van der Waals surface area contributed by atoms with E-state index in [0.717, 1.165) is 49.8 Å². The Balaban J connectivity index is 1.42. The molecule has 1 aromatic rings. The van der Waals surface area contributed by atoms with Crippen LogP contribution in [0.4, 0.5) is 0 Å². The van der Waals surface area contributed by atoms with Crippen molar-refractivity contribution in [1.82, 2.24) is 0 Å². The number of carboxylic acids is 1. The number of rotatable bonds is 5. The molecule has 1 aromatic heterocycles. The van der Waals surface area contributed by atoms with Crippen molar-refractivity contribution >= 4 is 11.8 Å². The smallest absolute Gasteiger partial charge is 0.307 e. The number of aliphatic hydroxyl groups is 1. The van der Waals surface area contributed by atoms with Crippen molar-refractivity contribution in [2.24, 2.45) is 46.3 Å². The average Bonchev–Trinajstić information content (AvgIpc) is 3.37. The highest BCUT2D eigenvalue weighted by molar-refractivity contribution is 5.94. The van der Waals surface area contributed by atoms with Gasteiger partial charge in [-0.2, -0.15) is 0 Å². The van der Waals surface area contributed by atoms with Crippen LogP contribution in [0.1, 0.15) is 89.9 Å². The van der Waals surface area contributed by atoms with Crippen LogP contribution in [0, 0.1) is 46.3 Å². The normalized spacial score (nSPS) is 40.3. The molecule has 5 rings (SSSR count). The molecule has 0 spiro atoms. The zero-order valence-corrected chi connectivity index (χ0v) is 21.0. The van der Waals surface area contributed by atoms with Crippen LogP contribution in [-0.4, -0.2) is 22.0 Å². The number of hydrogen-bond acceptors (Lipinski definition) is 4. The summed E-state index contributed by atoms with van der Waals surface area (Å²) in [6, 6.07) is 1.99. The fraction of sp³-hybridized carbons (Fsp3) is 0.724. The molecule has 0 bridgehead atoms. The number of ketones is 1. The molecule has 1 heterocycles. The first-order chi connectivity index (χ1) is 16.1. The number of carbonyl (C=O) groups is 2. The Labute approximate surface area is 203 Å². The maximum Gasteiger partial charge on any atom is 0.307 e. The minimum absolute atomic E-state index is 0.00819. The quantitative estimate of drug-likeness (QED) is 0.512. The predicted molar refractivity (Wildman–Crippen MR) is 129 cm³/mol. The van der Waals surface area contributed by atoms with E-state index in [2.05, 4.69) is 27.7 Å². The molecule has 4 aliphatic carbocycles. The first kappa shape index (κ1) is 23.7. The summed E-state index contributed by atoms with van der Waals surface area (Å²) in [6.07, 6.45) is 10.8. The summed E-state index contributed by atoms with van der Waals surface area (Å²) in [5.74, 6) is 1.83. The van der Waals surface area contributed by atoms with Crippen molar-refractivity contribution in [3.8, 4) is 0 Å². The second-order valence-corrected chi connectivity index (χ2v) is 12.5. The number of fused-ring (bicyclic) bond motifs is 5. The lowest BCUT2D eigenvalue weighted by atomic mass is 9.45. The fourth-order valence-electron chi connectivity index (χ4n) is 9.05. The number of hydrogen-bond donors (Lipinski definition) is 2. The zero-order valence-electron chi connectivity index (χ0n) is 21.0. The summed E-state index contributed by atoms with van der Waals surface area (Å²) in [5, 5.41) is 20.6. The van der Waals surface area contributed by atoms with Gasteiger partial charge in [-0.1, -0.05) is 27.7 Å². The Morgan fingerprint density at radius 1 is 1.15 bits per heavy atom. The largest absolute Gasteiger partial charge is 0.505 e. The maximum absolute atomic E-state index is 12.6. The Kier molecular flexibility index (Phi) is 5.76. The number of carboxylic acid groups (broad SMARTS) is 1. The molecule has 186 valence electrons. The van der Waals surface area contributed by atoms with E-state index >= 15 is 0 Å². The summed E-state index contributed by atoms with van der Waals surface area (Å²) in [6.45, 7) is 8.87. The number of aliphatic carboxylic acids is 1. The zero-order chi connectivity index (χ0) is 24.4. The number of allylic oxidation sites excluding steroid dienone is 2. The van der Waals surface area contributed by atoms with Gasteiger partial charge in [-0.15, -0.1) is 0 Å². The molecule has 3 saturated carbocycles. The predicted octanol–water partition coefficient (Wildman–Crippen LogP) is 6.54. The van der Waals surface area contributed by atoms with Gasteiger partial charge in [0.1, 0.15) is 5.76 Å². The topological polar surface area (TPSA) is 87.7 Å². The lowest BCUT2D eigenvalue weighted by molar-refractivity contribution is -0.148. The Morgan fingerprint density at radius 2 is 1.91 bits per heavy atom. The van der Waals surface area contributed by atoms with Crippen LogP contribution in [0.15, 0.2) is 28.6 Å². The summed E-state index contributed by atoms with van der Waals surface area (Å²) in [7, 11) is 0. The molecular weight excluding hydrogens is 428 g/mol. The fourth-order valence-corrected chi connectivity index (χ4v) is 9.05. The summed E-state index contributed by atoms with van der Waals surface area (Å²) in [4.78, 5) is 24.8. The Morgan fingerprint density at radius 3 is 2.62 bits per heavy atom. The second kappa shape index (κ2) is 8.27. The summed E-state index contributed by atoms with van der Waals surface area (Å²) >= 11 is 0. The number of Topliss-reactive ketones (excluding diaryl/α,β-unsaturated/α-hetero) is 1. The van der Waals surface area contributed by atoms with Crippen LogP contribution in [0.2, 0.25) is 0 Å². The number of furan rings is 1. The molecule has 8 unspecified atom stereocenters. The standard InChI is InChI=1S/C29H40O5/c1-16(2)18-10-12-34-26(18)14-20(27(32)33)22-8-7-21-19-6-5-17-13-24(30)25(31)15-29(17,4)23(19)9-11-28(21,22)3/h10,12,15-17,19-23,31H,5-9,11,13-14H2,1-4H3,(H,32,33). The lowest BCUT2D eigenvalue weighted by Gasteiger charge is -2.59. The molecule has 0 aromatic carbocycles. The molecular formula is C29H40O5. The Hall–Kier alpha value is -2.04. The Bertz CT molecular complexity index is 1000. The van der Waals surface area contributed by atoms with Crippen molar-refractivity contribution in [1.29, 1.82) is 0 Å². The highest BCUT2D eigenvalue weighted by Gasteiger charge is 2.61. The van der Waals surface area contributed by atoms with E-state index < -0.39 is 11.9 Å². The van der Waals surface area contributed by atoms with Crippen molar-refractivity contribution in [2.75, 3.05) is 0 Å². The maximum atomic E-state index is 12.6. The third-order valence-corrected chi connectivity index (χ3v) is 10.8. The van der Waals surface area contributed by atoms with E-state index in [1.165, 1.54) is 0 Å². The number of aliphatic hydroxyl groups excluding tert-OH is 1. The molecule has 0 saturated heterocycles. The van der Waals surface area contributed by atoms with Gasteiger partial charge in [0.15, 0.2) is 11.5 Å². The van der Waals surface area contributed by atoms with Crippen LogP contribution in [0.3, 0.4) is 0 Å². The lowest BCUT2D eigenvalue weighted by Crippen LogP contribution is -2.53. The van der Waals surface area contributed by atoms with Gasteiger partial charge in [0.25, 0.3) is 0 Å². The van der Waals surface area contributed by atoms with Crippen LogP contribution >= 0.6 is 0 Å². The van der Waals surface area contributed by atoms with Crippen molar-refractivity contribution in [3.63, 3.8) is 0 Å². The van der Waals surface area contributed by atoms with Crippen LogP contribution in [0.5, 0.6) is 0 Å². The molecule has 2 N–H and O–H groups in total. The minimum Gasteiger partial charge on any atom is -0.505 e. The summed E-state index contributed by atoms with van der Waals surface area (Å²) < 4.78 is 5.79. The van der Waals surface area contributed by atoms with Gasteiger partial charge >= 0.3 is 5.97 Å². The molecule has 8 atom stereocenters. The van der Waals surface area contributed by atoms with E-state index in [1.807, 2.05) is 12.1 Å². The molecule has 4 aliphatic rings. The molecule has 0 aliphatic heterocycles. The van der Waals surface area contributed by atoms with E-state index in [-0.39, 0.29) is 28.3 Å². The third-order valence-electron chi connectivity index (χ3n) is 10.8. The average molecular weight is 469 g/mol. The summed E-state index contributed by atoms with van der Waals surface area (Å²) in [5.41, 5.74) is 1.00. The highest BCUT2D eigenvalue weighted by Crippen LogP contribution is 2.67. The molecule has 5 nitrogen and oxygen atoms in total. The van der Waals surface area contributed by atoms with E-state index in [9.17, 15) is 19.8 Å². The van der Waals surface area contributed by atoms with Gasteiger partial charge in [-0.05, 0) is 103 Å². The molecule has 0 radical (unpaired) electrons. The first-order valence-electron chi connectivity index (χ1n) is 13.3. The monoisotopic (exact) mass is 468 g/mol. The van der Waals surface area contributed by atoms with Gasteiger partial charge in [0.05, 0.1) is 12.2 Å². The number of carbonyl (C=O) groups excluding carboxylic acids is 1.